The third-order valence-electron chi connectivity index (χ3n) is 4.19. The quantitative estimate of drug-likeness (QED) is 0.678. The normalized spacial score (nSPS) is 41.1. The summed E-state index contributed by atoms with van der Waals surface area (Å²) < 4.78 is 0. The van der Waals surface area contributed by atoms with Gasteiger partial charge in [0.25, 0.3) is 0 Å². The Kier molecular flexibility index (Phi) is 3.13. The Morgan fingerprint density at radius 2 is 1.50 bits per heavy atom. The van der Waals surface area contributed by atoms with E-state index >= 15 is 0 Å². The van der Waals surface area contributed by atoms with Crippen molar-refractivity contribution in [3.8, 4) is 0 Å². The molecule has 0 spiro atoms. The molecule has 2 aliphatic rings. The van der Waals surface area contributed by atoms with E-state index in [-0.39, 0.29) is 0 Å². The molecule has 0 aromatic heterocycles. The van der Waals surface area contributed by atoms with Crippen LogP contribution in [-0.4, -0.2) is 21.9 Å². The van der Waals surface area contributed by atoms with Crippen LogP contribution in [0.25, 0.3) is 0 Å². The van der Waals surface area contributed by atoms with Gasteiger partial charge in [0.15, 0.2) is 0 Å². The smallest absolute Gasteiger partial charge is 0.0933 e. The Bertz CT molecular complexity index is 187. The Balaban J connectivity index is 2.03. The van der Waals surface area contributed by atoms with Gasteiger partial charge in [-0.3, -0.25) is 0 Å². The van der Waals surface area contributed by atoms with Crippen molar-refractivity contribution in [1.82, 2.24) is 0 Å². The van der Waals surface area contributed by atoms with Crippen molar-refractivity contribution in [3.63, 3.8) is 0 Å². The fourth-order valence-electron chi connectivity index (χ4n) is 3.24. The maximum absolute atomic E-state index is 10.5. The molecule has 0 bridgehead atoms. The van der Waals surface area contributed by atoms with Gasteiger partial charge in [-0.15, -0.1) is 0 Å². The summed E-state index contributed by atoms with van der Waals surface area (Å²) in [5.74, 6) is 0.367. The second-order valence-electron chi connectivity index (χ2n) is 5.09. The summed E-state index contributed by atoms with van der Waals surface area (Å²) in [7, 11) is 0. The van der Waals surface area contributed by atoms with Crippen molar-refractivity contribution in [3.05, 3.63) is 0 Å². The number of rotatable bonds is 1. The second-order valence-corrected chi connectivity index (χ2v) is 5.09. The molecule has 2 N–H and O–H groups in total. The van der Waals surface area contributed by atoms with Gasteiger partial charge in [-0.25, -0.2) is 0 Å². The third-order valence-corrected chi connectivity index (χ3v) is 4.19. The van der Waals surface area contributed by atoms with Crippen LogP contribution in [0, 0.1) is 5.92 Å². The molecule has 0 heterocycles. The fourth-order valence-corrected chi connectivity index (χ4v) is 3.24. The molecule has 0 unspecified atom stereocenters. The molecule has 14 heavy (non-hydrogen) atoms. The van der Waals surface area contributed by atoms with E-state index in [1.54, 1.807) is 0 Å². The van der Waals surface area contributed by atoms with Crippen LogP contribution in [-0.2, 0) is 0 Å². The van der Waals surface area contributed by atoms with Crippen LogP contribution in [0.5, 0.6) is 0 Å². The van der Waals surface area contributed by atoms with Gasteiger partial charge >= 0.3 is 0 Å². The van der Waals surface area contributed by atoms with Crippen molar-refractivity contribution in [2.24, 2.45) is 5.92 Å². The van der Waals surface area contributed by atoms with Crippen molar-refractivity contribution >= 4 is 0 Å². The van der Waals surface area contributed by atoms with Gasteiger partial charge < -0.3 is 10.2 Å². The van der Waals surface area contributed by atoms with Gasteiger partial charge in [0.2, 0.25) is 0 Å². The van der Waals surface area contributed by atoms with E-state index in [9.17, 15) is 10.2 Å². The largest absolute Gasteiger partial charge is 0.390 e. The average Bonchev–Trinajstić information content (AvgIpc) is 2.24. The Morgan fingerprint density at radius 1 is 0.857 bits per heavy atom. The van der Waals surface area contributed by atoms with Crippen molar-refractivity contribution in [2.75, 3.05) is 0 Å². The zero-order chi connectivity index (χ0) is 10.0. The molecule has 2 heteroatoms. The highest BCUT2D eigenvalue weighted by atomic mass is 16.3. The van der Waals surface area contributed by atoms with Crippen molar-refractivity contribution in [2.45, 2.75) is 69.5 Å². The Morgan fingerprint density at radius 3 is 2.14 bits per heavy atom. The van der Waals surface area contributed by atoms with Gasteiger partial charge in [0.05, 0.1) is 11.7 Å². The summed E-state index contributed by atoms with van der Waals surface area (Å²) in [6, 6.07) is 0. The van der Waals surface area contributed by atoms with E-state index in [1.165, 1.54) is 19.3 Å². The predicted molar refractivity (Wildman–Crippen MR) is 56.0 cm³/mol. The molecule has 2 nitrogen and oxygen atoms in total. The SMILES string of the molecule is O[C@@H]1CCCC[C@@]1(O)C1CCCCC1. The number of hydrogen-bond acceptors (Lipinski definition) is 2. The molecule has 2 rings (SSSR count). The summed E-state index contributed by atoms with van der Waals surface area (Å²) in [5.41, 5.74) is -0.737. The highest BCUT2D eigenvalue weighted by molar-refractivity contribution is 4.96. The van der Waals surface area contributed by atoms with Gasteiger partial charge in [-0.1, -0.05) is 32.1 Å². The molecule has 0 saturated heterocycles. The van der Waals surface area contributed by atoms with Gasteiger partial charge in [-0.2, -0.15) is 0 Å². The maximum Gasteiger partial charge on any atom is 0.0933 e. The lowest BCUT2D eigenvalue weighted by atomic mass is 9.68. The average molecular weight is 198 g/mol. The van der Waals surface area contributed by atoms with Crippen molar-refractivity contribution in [1.29, 1.82) is 0 Å². The fraction of sp³-hybridized carbons (Fsp3) is 1.00. The van der Waals surface area contributed by atoms with Gasteiger partial charge in [0, 0.05) is 0 Å². The zero-order valence-corrected chi connectivity index (χ0v) is 8.91. The number of aliphatic hydroxyl groups is 2. The summed E-state index contributed by atoms with van der Waals surface area (Å²) in [6.45, 7) is 0. The maximum atomic E-state index is 10.5. The highest BCUT2D eigenvalue weighted by Gasteiger charge is 2.44. The molecule has 2 fully saturated rings. The van der Waals surface area contributed by atoms with E-state index < -0.39 is 11.7 Å². The van der Waals surface area contributed by atoms with E-state index in [2.05, 4.69) is 0 Å². The highest BCUT2D eigenvalue weighted by Crippen LogP contribution is 2.41. The lowest BCUT2D eigenvalue weighted by molar-refractivity contribution is -0.143. The van der Waals surface area contributed by atoms with Crippen molar-refractivity contribution < 1.29 is 10.2 Å². The minimum atomic E-state index is -0.737. The molecular weight excluding hydrogens is 176 g/mol. The Labute approximate surface area is 86.3 Å². The molecule has 82 valence electrons. The van der Waals surface area contributed by atoms with Crippen LogP contribution in [0.3, 0.4) is 0 Å². The molecule has 0 aromatic carbocycles. The summed E-state index contributed by atoms with van der Waals surface area (Å²) in [4.78, 5) is 0. The van der Waals surface area contributed by atoms with E-state index in [4.69, 9.17) is 0 Å². The molecule has 2 atom stereocenters. The predicted octanol–water partition coefficient (Wildman–Crippen LogP) is 2.23. The first-order valence-electron chi connectivity index (χ1n) is 6.14. The first-order valence-corrected chi connectivity index (χ1v) is 6.14. The van der Waals surface area contributed by atoms with Gasteiger partial charge in [0.1, 0.15) is 0 Å². The molecule has 0 radical (unpaired) electrons. The van der Waals surface area contributed by atoms with Gasteiger partial charge in [-0.05, 0) is 31.6 Å². The lowest BCUT2D eigenvalue weighted by Gasteiger charge is -2.44. The zero-order valence-electron chi connectivity index (χ0n) is 8.91. The second kappa shape index (κ2) is 4.19. The lowest BCUT2D eigenvalue weighted by Crippen LogP contribution is -2.51. The molecular formula is C12H22O2. The van der Waals surface area contributed by atoms with Crippen LogP contribution >= 0.6 is 0 Å². The number of aliphatic hydroxyl groups excluding tert-OH is 1. The van der Waals surface area contributed by atoms with E-state index in [0.717, 1.165) is 38.5 Å². The van der Waals surface area contributed by atoms with Crippen LogP contribution in [0.2, 0.25) is 0 Å². The summed E-state index contributed by atoms with van der Waals surface area (Å²) >= 11 is 0. The first-order chi connectivity index (χ1) is 6.73. The topological polar surface area (TPSA) is 40.5 Å². The minimum absolute atomic E-state index is 0.367. The standard InChI is InChI=1S/C12H22O2/c13-11-8-4-5-9-12(11,14)10-6-2-1-3-7-10/h10-11,13-14H,1-9H2/t11-,12-/m1/s1. The summed E-state index contributed by atoms with van der Waals surface area (Å²) in [5, 5.41) is 20.4. The Hall–Kier alpha value is -0.0800. The molecule has 2 saturated carbocycles. The molecule has 0 amide bonds. The van der Waals surface area contributed by atoms with Crippen LogP contribution in [0.15, 0.2) is 0 Å². The van der Waals surface area contributed by atoms with E-state index in [1.807, 2.05) is 0 Å². The first kappa shape index (κ1) is 10.4. The summed E-state index contributed by atoms with van der Waals surface area (Å²) in [6.07, 6.45) is 9.34. The molecule has 0 aromatic rings. The molecule has 2 aliphatic carbocycles. The van der Waals surface area contributed by atoms with Crippen LogP contribution in [0.4, 0.5) is 0 Å². The minimum Gasteiger partial charge on any atom is -0.390 e. The number of hydrogen-bond donors (Lipinski definition) is 2. The monoisotopic (exact) mass is 198 g/mol. The van der Waals surface area contributed by atoms with Crippen LogP contribution < -0.4 is 0 Å². The molecule has 0 aliphatic heterocycles. The third kappa shape index (κ3) is 1.82. The van der Waals surface area contributed by atoms with Crippen LogP contribution in [0.1, 0.15) is 57.8 Å². The van der Waals surface area contributed by atoms with E-state index in [0.29, 0.717) is 5.92 Å².